The molecule has 0 spiro atoms. The van der Waals surface area contributed by atoms with E-state index in [1.165, 1.54) is 4.68 Å². The molecule has 136 valence electrons. The van der Waals surface area contributed by atoms with E-state index < -0.39 is 0 Å². The van der Waals surface area contributed by atoms with Gasteiger partial charge in [-0.15, -0.1) is 11.3 Å². The van der Waals surface area contributed by atoms with Gasteiger partial charge in [0, 0.05) is 23.2 Å². The maximum absolute atomic E-state index is 13.0. The van der Waals surface area contributed by atoms with Crippen LogP contribution < -0.4 is 5.56 Å². The molecule has 6 heteroatoms. The van der Waals surface area contributed by atoms with Crippen molar-refractivity contribution in [1.82, 2.24) is 14.7 Å². The molecule has 0 saturated carbocycles. The topological polar surface area (TPSA) is 55.2 Å². The average molecular weight is 369 g/mol. The van der Waals surface area contributed by atoms with Crippen LogP contribution in [0.3, 0.4) is 0 Å². The largest absolute Gasteiger partial charge is 0.341 e. The Kier molecular flexibility index (Phi) is 4.31. The van der Waals surface area contributed by atoms with Crippen molar-refractivity contribution < 1.29 is 4.79 Å². The summed E-state index contributed by atoms with van der Waals surface area (Å²) < 4.78 is 3.34. The molecule has 0 bridgehead atoms. The van der Waals surface area contributed by atoms with Gasteiger partial charge in [0.05, 0.1) is 15.8 Å². The first kappa shape index (κ1) is 17.2. The molecule has 1 saturated heterocycles. The first-order valence-electron chi connectivity index (χ1n) is 9.10. The van der Waals surface area contributed by atoms with Gasteiger partial charge in [0.25, 0.3) is 5.56 Å². The highest BCUT2D eigenvalue weighted by Crippen LogP contribution is 2.32. The summed E-state index contributed by atoms with van der Waals surface area (Å²) in [5, 5.41) is 6.07. The van der Waals surface area contributed by atoms with Crippen LogP contribution in [0.15, 0.2) is 29.1 Å². The molecule has 1 amide bonds. The van der Waals surface area contributed by atoms with Crippen molar-refractivity contribution in [3.05, 3.63) is 40.3 Å². The number of piperidine rings is 1. The van der Waals surface area contributed by atoms with E-state index in [0.717, 1.165) is 40.0 Å². The van der Waals surface area contributed by atoms with Gasteiger partial charge < -0.3 is 4.90 Å². The minimum Gasteiger partial charge on any atom is -0.341 e. The van der Waals surface area contributed by atoms with Crippen molar-refractivity contribution in [3.63, 3.8) is 0 Å². The van der Waals surface area contributed by atoms with Crippen LogP contribution in [0.25, 0.3) is 20.2 Å². The van der Waals surface area contributed by atoms with Crippen LogP contribution in [0.1, 0.15) is 26.0 Å². The Hall–Kier alpha value is -2.21. The van der Waals surface area contributed by atoms with Crippen molar-refractivity contribution in [2.75, 3.05) is 13.1 Å². The molecule has 1 aliphatic rings. The summed E-state index contributed by atoms with van der Waals surface area (Å²) in [6.07, 6.45) is 1.15. The predicted molar refractivity (Wildman–Crippen MR) is 106 cm³/mol. The highest BCUT2D eigenvalue weighted by atomic mass is 32.1. The lowest BCUT2D eigenvalue weighted by Gasteiger charge is -2.35. The molecule has 0 unspecified atom stereocenters. The predicted octanol–water partition coefficient (Wildman–Crippen LogP) is 3.42. The second kappa shape index (κ2) is 6.50. The van der Waals surface area contributed by atoms with E-state index in [2.05, 4.69) is 18.9 Å². The Morgan fingerprint density at radius 3 is 2.65 bits per heavy atom. The highest BCUT2D eigenvalue weighted by Gasteiger charge is 2.26. The molecule has 0 aliphatic carbocycles. The zero-order valence-corrected chi connectivity index (χ0v) is 16.2. The molecule has 2 atom stereocenters. The van der Waals surface area contributed by atoms with E-state index in [4.69, 9.17) is 0 Å². The molecule has 2 aromatic heterocycles. The zero-order valence-electron chi connectivity index (χ0n) is 15.4. The number of amides is 1. The van der Waals surface area contributed by atoms with Crippen molar-refractivity contribution in [2.24, 2.45) is 11.8 Å². The van der Waals surface area contributed by atoms with Crippen LogP contribution in [-0.4, -0.2) is 33.7 Å². The number of carbonyl (C=O) groups excluding carboxylic acids is 1. The van der Waals surface area contributed by atoms with E-state index in [9.17, 15) is 9.59 Å². The van der Waals surface area contributed by atoms with Gasteiger partial charge in [-0.05, 0) is 31.2 Å². The van der Waals surface area contributed by atoms with Gasteiger partial charge in [-0.1, -0.05) is 32.0 Å². The van der Waals surface area contributed by atoms with Crippen molar-refractivity contribution in [2.45, 2.75) is 33.7 Å². The van der Waals surface area contributed by atoms with E-state index >= 15 is 0 Å². The maximum atomic E-state index is 13.0. The normalized spacial score (nSPS) is 20.8. The Labute approximate surface area is 156 Å². The smallest absolute Gasteiger partial charge is 0.276 e. The Balaban J connectivity index is 1.73. The van der Waals surface area contributed by atoms with Crippen LogP contribution in [0.4, 0.5) is 0 Å². The third-order valence-electron chi connectivity index (χ3n) is 5.15. The van der Waals surface area contributed by atoms with E-state index in [1.54, 1.807) is 11.3 Å². The van der Waals surface area contributed by atoms with Crippen LogP contribution in [0.2, 0.25) is 0 Å². The lowest BCUT2D eigenvalue weighted by Crippen LogP contribution is -2.45. The van der Waals surface area contributed by atoms with E-state index in [0.29, 0.717) is 17.2 Å². The van der Waals surface area contributed by atoms with E-state index in [-0.39, 0.29) is 18.0 Å². The minimum atomic E-state index is -0.172. The SMILES string of the molecule is Cc1nn(CC(=O)N2C[C@@H](C)C[C@H](C)C2)c(=O)c2c1sc1ccccc12. The average Bonchev–Trinajstić information content (AvgIpc) is 2.99. The molecule has 0 radical (unpaired) electrons. The van der Waals surface area contributed by atoms with Crippen molar-refractivity contribution >= 4 is 37.4 Å². The minimum absolute atomic E-state index is 0.0131. The van der Waals surface area contributed by atoms with E-state index in [1.807, 2.05) is 36.1 Å². The summed E-state index contributed by atoms with van der Waals surface area (Å²) in [6.45, 7) is 7.80. The molecule has 5 nitrogen and oxygen atoms in total. The summed E-state index contributed by atoms with van der Waals surface area (Å²) in [4.78, 5) is 27.7. The molecule has 0 N–H and O–H groups in total. The van der Waals surface area contributed by atoms with Gasteiger partial charge in [-0.3, -0.25) is 9.59 Å². The van der Waals surface area contributed by atoms with Gasteiger partial charge in [0.2, 0.25) is 5.91 Å². The van der Waals surface area contributed by atoms with Crippen molar-refractivity contribution in [1.29, 1.82) is 0 Å². The standard InChI is InChI=1S/C20H23N3O2S/c1-12-8-13(2)10-22(9-12)17(24)11-23-20(25)18-15-6-4-5-7-16(15)26-19(18)14(3)21-23/h4-7,12-13H,8-11H2,1-3H3/t12-,13-/m0/s1. The number of aryl methyl sites for hydroxylation is 1. The first-order chi connectivity index (χ1) is 12.4. The number of likely N-dealkylation sites (tertiary alicyclic amines) is 1. The van der Waals surface area contributed by atoms with Gasteiger partial charge in [-0.2, -0.15) is 5.10 Å². The summed E-state index contributed by atoms with van der Waals surface area (Å²) in [6, 6.07) is 7.90. The highest BCUT2D eigenvalue weighted by molar-refractivity contribution is 7.26. The number of hydrogen-bond acceptors (Lipinski definition) is 4. The van der Waals surface area contributed by atoms with Gasteiger partial charge >= 0.3 is 0 Å². The third kappa shape index (κ3) is 2.92. The summed E-state index contributed by atoms with van der Waals surface area (Å²) in [5.74, 6) is 0.978. The van der Waals surface area contributed by atoms with Crippen LogP contribution in [0, 0.1) is 18.8 Å². The third-order valence-corrected chi connectivity index (χ3v) is 6.43. The number of rotatable bonds is 2. The summed E-state index contributed by atoms with van der Waals surface area (Å²) in [7, 11) is 0. The van der Waals surface area contributed by atoms with Gasteiger partial charge in [-0.25, -0.2) is 4.68 Å². The molecule has 26 heavy (non-hydrogen) atoms. The maximum Gasteiger partial charge on any atom is 0.276 e. The Morgan fingerprint density at radius 1 is 1.23 bits per heavy atom. The van der Waals surface area contributed by atoms with Crippen LogP contribution in [-0.2, 0) is 11.3 Å². The molecule has 1 fully saturated rings. The molecule has 1 aliphatic heterocycles. The number of nitrogens with zero attached hydrogens (tertiary/aromatic N) is 3. The number of thiophene rings is 1. The molecule has 4 rings (SSSR count). The quantitative estimate of drug-likeness (QED) is 0.695. The number of hydrogen-bond donors (Lipinski definition) is 0. The molecular formula is C20H23N3O2S. The fraction of sp³-hybridized carbons (Fsp3) is 0.450. The number of fused-ring (bicyclic) bond motifs is 3. The summed E-state index contributed by atoms with van der Waals surface area (Å²) in [5.41, 5.74) is 0.628. The fourth-order valence-corrected chi connectivity index (χ4v) is 5.25. The lowest BCUT2D eigenvalue weighted by molar-refractivity contribution is -0.134. The Morgan fingerprint density at radius 2 is 1.92 bits per heavy atom. The molecule has 1 aromatic carbocycles. The summed E-state index contributed by atoms with van der Waals surface area (Å²) >= 11 is 1.59. The molecule has 3 aromatic rings. The fourth-order valence-electron chi connectivity index (χ4n) is 4.12. The van der Waals surface area contributed by atoms with Crippen molar-refractivity contribution in [3.8, 4) is 0 Å². The second-order valence-electron chi connectivity index (χ2n) is 7.60. The molecule has 3 heterocycles. The first-order valence-corrected chi connectivity index (χ1v) is 9.92. The van der Waals surface area contributed by atoms with Gasteiger partial charge in [0.15, 0.2) is 0 Å². The second-order valence-corrected chi connectivity index (χ2v) is 8.65. The van der Waals surface area contributed by atoms with Crippen LogP contribution >= 0.6 is 11.3 Å². The monoisotopic (exact) mass is 369 g/mol. The Bertz CT molecular complexity index is 1040. The number of aromatic nitrogens is 2. The van der Waals surface area contributed by atoms with Crippen LogP contribution in [0.5, 0.6) is 0 Å². The lowest BCUT2D eigenvalue weighted by atomic mass is 9.92. The zero-order chi connectivity index (χ0) is 18.4. The number of carbonyl (C=O) groups is 1. The molecular weight excluding hydrogens is 346 g/mol. The number of benzene rings is 1. The van der Waals surface area contributed by atoms with Gasteiger partial charge in [0.1, 0.15) is 6.54 Å².